The van der Waals surface area contributed by atoms with Crippen molar-refractivity contribution in [3.05, 3.63) is 30.6 Å². The average Bonchev–Trinajstić information content (AvgIpc) is 2.83. The van der Waals surface area contributed by atoms with E-state index in [9.17, 15) is 14.7 Å². The Morgan fingerprint density at radius 3 is 2.60 bits per heavy atom. The summed E-state index contributed by atoms with van der Waals surface area (Å²) in [5.41, 5.74) is 4.75. The number of rotatable bonds is 4. The van der Waals surface area contributed by atoms with Crippen molar-refractivity contribution >= 4 is 28.6 Å². The maximum Gasteiger partial charge on any atom is 0.309 e. The SMILES string of the molecule is CC1(C)[C@H](C(=O)NNc2ncnc3ccccc23)CC[C@@]1(C)C(=O)O. The van der Waals surface area contributed by atoms with Gasteiger partial charge in [-0.25, -0.2) is 9.97 Å². The summed E-state index contributed by atoms with van der Waals surface area (Å²) in [7, 11) is 0. The number of para-hydroxylation sites is 1. The minimum absolute atomic E-state index is 0.224. The molecule has 7 nitrogen and oxygen atoms in total. The quantitative estimate of drug-likeness (QED) is 0.738. The van der Waals surface area contributed by atoms with Gasteiger partial charge < -0.3 is 5.11 Å². The normalized spacial score (nSPS) is 24.8. The number of carboxylic acids is 1. The third-order valence-electron chi connectivity index (χ3n) is 5.86. The number of anilines is 1. The summed E-state index contributed by atoms with van der Waals surface area (Å²) >= 11 is 0. The Kier molecular flexibility index (Phi) is 4.10. The van der Waals surface area contributed by atoms with Gasteiger partial charge in [-0.05, 0) is 37.3 Å². The zero-order valence-corrected chi connectivity index (χ0v) is 14.5. The van der Waals surface area contributed by atoms with Gasteiger partial charge in [-0.1, -0.05) is 26.0 Å². The molecule has 2 aromatic rings. The lowest BCUT2D eigenvalue weighted by Crippen LogP contribution is -2.46. The maximum absolute atomic E-state index is 12.7. The van der Waals surface area contributed by atoms with E-state index in [-0.39, 0.29) is 5.91 Å². The van der Waals surface area contributed by atoms with Crippen molar-refractivity contribution < 1.29 is 14.7 Å². The molecule has 0 spiro atoms. The third-order valence-corrected chi connectivity index (χ3v) is 5.86. The summed E-state index contributed by atoms with van der Waals surface area (Å²) in [4.78, 5) is 32.7. The van der Waals surface area contributed by atoms with Gasteiger partial charge in [0.2, 0.25) is 5.91 Å². The lowest BCUT2D eigenvalue weighted by molar-refractivity contribution is -0.155. The zero-order chi connectivity index (χ0) is 18.2. The number of amides is 1. The highest BCUT2D eigenvalue weighted by molar-refractivity contribution is 5.90. The molecule has 7 heteroatoms. The van der Waals surface area contributed by atoms with E-state index >= 15 is 0 Å². The molecule has 25 heavy (non-hydrogen) atoms. The van der Waals surface area contributed by atoms with Gasteiger partial charge in [0.15, 0.2) is 5.82 Å². The van der Waals surface area contributed by atoms with E-state index in [4.69, 9.17) is 0 Å². The highest BCUT2D eigenvalue weighted by Crippen LogP contribution is 2.56. The van der Waals surface area contributed by atoms with Crippen LogP contribution >= 0.6 is 0 Å². The van der Waals surface area contributed by atoms with Crippen LogP contribution in [0.4, 0.5) is 5.82 Å². The largest absolute Gasteiger partial charge is 0.481 e. The van der Waals surface area contributed by atoms with Crippen molar-refractivity contribution in [2.75, 3.05) is 5.43 Å². The van der Waals surface area contributed by atoms with Gasteiger partial charge in [0.1, 0.15) is 6.33 Å². The lowest BCUT2D eigenvalue weighted by atomic mass is 9.65. The van der Waals surface area contributed by atoms with Crippen LogP contribution in [0.3, 0.4) is 0 Å². The van der Waals surface area contributed by atoms with E-state index < -0.39 is 22.7 Å². The Morgan fingerprint density at radius 2 is 1.92 bits per heavy atom. The molecule has 0 bridgehead atoms. The Balaban J connectivity index is 1.76. The standard InChI is InChI=1S/C18H22N4O3/c1-17(2)12(8-9-18(17,3)16(24)25)15(23)22-21-14-11-6-4-5-7-13(11)19-10-20-14/h4-7,10,12H,8-9H2,1-3H3,(H,22,23)(H,24,25)(H,19,20,21)/t12-,18-/m0/s1. The number of fused-ring (bicyclic) bond motifs is 1. The molecular weight excluding hydrogens is 320 g/mol. The number of hydrogen-bond donors (Lipinski definition) is 3. The molecule has 1 saturated carbocycles. The molecule has 3 N–H and O–H groups in total. The van der Waals surface area contributed by atoms with E-state index in [2.05, 4.69) is 20.8 Å². The van der Waals surface area contributed by atoms with Gasteiger partial charge in [0, 0.05) is 11.3 Å². The van der Waals surface area contributed by atoms with Crippen LogP contribution in [0.2, 0.25) is 0 Å². The third kappa shape index (κ3) is 2.69. The van der Waals surface area contributed by atoms with Crippen molar-refractivity contribution in [2.24, 2.45) is 16.7 Å². The summed E-state index contributed by atoms with van der Waals surface area (Å²) in [6, 6.07) is 7.48. The number of nitrogens with one attached hydrogen (secondary N) is 2. The van der Waals surface area contributed by atoms with Gasteiger partial charge in [-0.15, -0.1) is 0 Å². The van der Waals surface area contributed by atoms with Crippen LogP contribution in [0.25, 0.3) is 10.9 Å². The van der Waals surface area contributed by atoms with Crippen LogP contribution in [0.15, 0.2) is 30.6 Å². The van der Waals surface area contributed by atoms with Crippen LogP contribution < -0.4 is 10.9 Å². The second kappa shape index (κ2) is 5.98. The first kappa shape index (κ1) is 17.1. The van der Waals surface area contributed by atoms with Crippen LogP contribution in [0.1, 0.15) is 33.6 Å². The predicted molar refractivity (Wildman–Crippen MR) is 93.6 cm³/mol. The van der Waals surface area contributed by atoms with Gasteiger partial charge in [0.05, 0.1) is 10.9 Å². The Hall–Kier alpha value is -2.70. The Morgan fingerprint density at radius 1 is 1.20 bits per heavy atom. The number of carbonyl (C=O) groups is 2. The molecule has 3 rings (SSSR count). The first-order valence-corrected chi connectivity index (χ1v) is 8.26. The Bertz CT molecular complexity index is 831. The molecule has 132 valence electrons. The first-order valence-electron chi connectivity index (χ1n) is 8.26. The van der Waals surface area contributed by atoms with Gasteiger partial charge in [-0.2, -0.15) is 0 Å². The predicted octanol–water partition coefficient (Wildman–Crippen LogP) is 2.60. The zero-order valence-electron chi connectivity index (χ0n) is 14.5. The number of nitrogens with zero attached hydrogens (tertiary/aromatic N) is 2. The van der Waals surface area contributed by atoms with Crippen LogP contribution in [0, 0.1) is 16.7 Å². The number of aliphatic carboxylic acids is 1. The summed E-state index contributed by atoms with van der Waals surface area (Å²) < 4.78 is 0. The Labute approximate surface area is 145 Å². The number of benzene rings is 1. The van der Waals surface area contributed by atoms with Crippen molar-refractivity contribution in [2.45, 2.75) is 33.6 Å². The fourth-order valence-corrected chi connectivity index (χ4v) is 3.65. The number of hydrazine groups is 1. The molecule has 0 aliphatic heterocycles. The topological polar surface area (TPSA) is 104 Å². The van der Waals surface area contributed by atoms with Crippen molar-refractivity contribution in [1.29, 1.82) is 0 Å². The fraction of sp³-hybridized carbons (Fsp3) is 0.444. The monoisotopic (exact) mass is 342 g/mol. The van der Waals surface area contributed by atoms with E-state index in [0.717, 1.165) is 10.9 Å². The number of hydrogen-bond acceptors (Lipinski definition) is 5. The van der Waals surface area contributed by atoms with Crippen LogP contribution in [-0.2, 0) is 9.59 Å². The molecule has 1 aromatic heterocycles. The lowest BCUT2D eigenvalue weighted by Gasteiger charge is -2.37. The van der Waals surface area contributed by atoms with Crippen molar-refractivity contribution in [3.8, 4) is 0 Å². The van der Waals surface area contributed by atoms with Crippen LogP contribution in [-0.4, -0.2) is 27.0 Å². The summed E-state index contributed by atoms with van der Waals surface area (Å²) in [6.07, 6.45) is 2.44. The van der Waals surface area contributed by atoms with E-state index in [1.807, 2.05) is 38.1 Å². The second-order valence-electron chi connectivity index (χ2n) is 7.30. The summed E-state index contributed by atoms with van der Waals surface area (Å²) in [5, 5.41) is 10.4. The summed E-state index contributed by atoms with van der Waals surface area (Å²) in [5.74, 6) is -0.967. The molecule has 1 heterocycles. The van der Waals surface area contributed by atoms with Gasteiger partial charge >= 0.3 is 5.97 Å². The molecule has 1 amide bonds. The second-order valence-corrected chi connectivity index (χ2v) is 7.30. The van der Waals surface area contributed by atoms with E-state index in [0.29, 0.717) is 18.7 Å². The summed E-state index contributed by atoms with van der Waals surface area (Å²) in [6.45, 7) is 5.41. The fourth-order valence-electron chi connectivity index (χ4n) is 3.65. The van der Waals surface area contributed by atoms with Crippen molar-refractivity contribution in [3.63, 3.8) is 0 Å². The number of aromatic nitrogens is 2. The highest BCUT2D eigenvalue weighted by Gasteiger charge is 2.58. The minimum Gasteiger partial charge on any atom is -0.481 e. The van der Waals surface area contributed by atoms with Crippen molar-refractivity contribution in [1.82, 2.24) is 15.4 Å². The van der Waals surface area contributed by atoms with E-state index in [1.165, 1.54) is 6.33 Å². The number of carbonyl (C=O) groups excluding carboxylic acids is 1. The number of carboxylic acid groups (broad SMARTS) is 1. The van der Waals surface area contributed by atoms with Crippen LogP contribution in [0.5, 0.6) is 0 Å². The minimum atomic E-state index is -0.920. The van der Waals surface area contributed by atoms with E-state index in [1.54, 1.807) is 6.92 Å². The van der Waals surface area contributed by atoms with Gasteiger partial charge in [-0.3, -0.25) is 20.4 Å². The molecule has 0 radical (unpaired) electrons. The first-order chi connectivity index (χ1) is 11.8. The molecule has 0 saturated heterocycles. The maximum atomic E-state index is 12.7. The highest BCUT2D eigenvalue weighted by atomic mass is 16.4. The molecule has 2 atom stereocenters. The molecule has 1 aromatic carbocycles. The smallest absolute Gasteiger partial charge is 0.309 e. The average molecular weight is 342 g/mol. The molecule has 1 aliphatic rings. The molecule has 0 unspecified atom stereocenters. The molecular formula is C18H22N4O3. The molecule has 1 aliphatic carbocycles. The molecule has 1 fully saturated rings. The van der Waals surface area contributed by atoms with Gasteiger partial charge in [0.25, 0.3) is 0 Å².